The maximum absolute atomic E-state index is 12.2. The molecule has 0 saturated heterocycles. The van der Waals surface area contributed by atoms with Crippen molar-refractivity contribution in [2.75, 3.05) is 19.8 Å². The molecule has 0 aliphatic heterocycles. The van der Waals surface area contributed by atoms with Crippen molar-refractivity contribution in [1.82, 2.24) is 19.5 Å². The fourth-order valence-electron chi connectivity index (χ4n) is 2.33. The molecule has 0 aliphatic rings. The van der Waals surface area contributed by atoms with Crippen molar-refractivity contribution in [2.45, 2.75) is 0 Å². The standard InChI is InChI=1S/C16H15N5O2/c1-20(2)16(23)12-6-11(7-18-15(12)17)13-8-19-21-4-3-10(9-22)5-14(13)21/h3-9H,1-2H3,(H2,17,18). The lowest BCUT2D eigenvalue weighted by molar-refractivity contribution is 0.0828. The highest BCUT2D eigenvalue weighted by Crippen LogP contribution is 2.27. The third-order valence-corrected chi connectivity index (χ3v) is 3.55. The number of pyridine rings is 2. The second kappa shape index (κ2) is 5.53. The summed E-state index contributed by atoms with van der Waals surface area (Å²) in [6.45, 7) is 0. The van der Waals surface area contributed by atoms with Gasteiger partial charge in [-0.05, 0) is 18.2 Å². The van der Waals surface area contributed by atoms with E-state index in [9.17, 15) is 9.59 Å². The number of nitrogens with zero attached hydrogens (tertiary/aromatic N) is 4. The molecule has 0 aliphatic carbocycles. The monoisotopic (exact) mass is 309 g/mol. The summed E-state index contributed by atoms with van der Waals surface area (Å²) in [5.41, 5.74) is 8.93. The first kappa shape index (κ1) is 14.7. The maximum atomic E-state index is 12.2. The summed E-state index contributed by atoms with van der Waals surface area (Å²) >= 11 is 0. The van der Waals surface area contributed by atoms with Gasteiger partial charge in [0.15, 0.2) is 0 Å². The highest BCUT2D eigenvalue weighted by atomic mass is 16.2. The SMILES string of the molecule is CN(C)C(=O)c1cc(-c2cnn3ccc(C=O)cc23)cnc1N. The van der Waals surface area contributed by atoms with E-state index >= 15 is 0 Å². The van der Waals surface area contributed by atoms with Crippen LogP contribution in [0.25, 0.3) is 16.6 Å². The summed E-state index contributed by atoms with van der Waals surface area (Å²) in [5.74, 6) is -0.0422. The van der Waals surface area contributed by atoms with E-state index in [1.54, 1.807) is 55.4 Å². The molecule has 1 amide bonds. The number of amides is 1. The molecule has 0 atom stereocenters. The van der Waals surface area contributed by atoms with E-state index in [4.69, 9.17) is 5.73 Å². The number of nitrogen functional groups attached to an aromatic ring is 1. The Balaban J connectivity index is 2.17. The first-order chi connectivity index (χ1) is 11.0. The molecule has 3 heterocycles. The smallest absolute Gasteiger partial charge is 0.257 e. The van der Waals surface area contributed by atoms with Gasteiger partial charge in [-0.15, -0.1) is 0 Å². The van der Waals surface area contributed by atoms with Crippen LogP contribution in [0.15, 0.2) is 36.8 Å². The van der Waals surface area contributed by atoms with Crippen LogP contribution in [0.5, 0.6) is 0 Å². The number of carbonyl (C=O) groups excluding carboxylic acids is 2. The molecular formula is C16H15N5O2. The minimum absolute atomic E-state index is 0.178. The van der Waals surface area contributed by atoms with Gasteiger partial charge in [-0.25, -0.2) is 9.50 Å². The van der Waals surface area contributed by atoms with E-state index in [2.05, 4.69) is 10.1 Å². The van der Waals surface area contributed by atoms with Crippen LogP contribution in [0.2, 0.25) is 0 Å². The first-order valence-corrected chi connectivity index (χ1v) is 6.91. The summed E-state index contributed by atoms with van der Waals surface area (Å²) in [4.78, 5) is 28.7. The van der Waals surface area contributed by atoms with E-state index in [1.807, 2.05) is 0 Å². The second-order valence-electron chi connectivity index (χ2n) is 5.32. The summed E-state index contributed by atoms with van der Waals surface area (Å²) < 4.78 is 1.66. The van der Waals surface area contributed by atoms with E-state index in [0.717, 1.165) is 17.4 Å². The molecule has 0 saturated carbocycles. The van der Waals surface area contributed by atoms with Crippen molar-refractivity contribution < 1.29 is 9.59 Å². The Morgan fingerprint density at radius 2 is 2.09 bits per heavy atom. The number of aldehydes is 1. The van der Waals surface area contributed by atoms with Crippen molar-refractivity contribution in [3.63, 3.8) is 0 Å². The van der Waals surface area contributed by atoms with E-state index in [1.165, 1.54) is 4.90 Å². The van der Waals surface area contributed by atoms with Gasteiger partial charge in [-0.2, -0.15) is 5.10 Å². The van der Waals surface area contributed by atoms with E-state index in [-0.39, 0.29) is 11.7 Å². The average molecular weight is 309 g/mol. The van der Waals surface area contributed by atoms with Gasteiger partial charge in [-0.3, -0.25) is 9.59 Å². The fraction of sp³-hybridized carbons (Fsp3) is 0.125. The molecule has 0 radical (unpaired) electrons. The van der Waals surface area contributed by atoms with Crippen LogP contribution >= 0.6 is 0 Å². The number of carbonyl (C=O) groups is 2. The van der Waals surface area contributed by atoms with Crippen molar-refractivity contribution in [3.05, 3.63) is 47.9 Å². The molecule has 3 rings (SSSR count). The molecule has 3 aromatic heterocycles. The van der Waals surface area contributed by atoms with E-state index in [0.29, 0.717) is 16.7 Å². The topological polar surface area (TPSA) is 93.6 Å². The van der Waals surface area contributed by atoms with Crippen LogP contribution < -0.4 is 5.73 Å². The largest absolute Gasteiger partial charge is 0.383 e. The molecule has 116 valence electrons. The van der Waals surface area contributed by atoms with Crippen LogP contribution in [0.4, 0.5) is 5.82 Å². The Kier molecular flexibility index (Phi) is 3.53. The molecule has 7 heteroatoms. The highest BCUT2D eigenvalue weighted by molar-refractivity contribution is 5.99. The molecular weight excluding hydrogens is 294 g/mol. The zero-order valence-corrected chi connectivity index (χ0v) is 12.7. The highest BCUT2D eigenvalue weighted by Gasteiger charge is 2.16. The molecule has 7 nitrogen and oxygen atoms in total. The van der Waals surface area contributed by atoms with Gasteiger partial charge in [0.2, 0.25) is 0 Å². The van der Waals surface area contributed by atoms with Crippen molar-refractivity contribution in [3.8, 4) is 11.1 Å². The van der Waals surface area contributed by atoms with Crippen LogP contribution in [-0.4, -0.2) is 45.8 Å². The molecule has 0 unspecified atom stereocenters. The minimum atomic E-state index is -0.220. The lowest BCUT2D eigenvalue weighted by Gasteiger charge is -2.12. The van der Waals surface area contributed by atoms with Gasteiger partial charge in [0.05, 0.1) is 17.3 Å². The number of nitrogens with two attached hydrogens (primary N) is 1. The summed E-state index contributed by atoms with van der Waals surface area (Å²) in [6, 6.07) is 5.10. The van der Waals surface area contributed by atoms with Crippen molar-refractivity contribution >= 4 is 23.5 Å². The van der Waals surface area contributed by atoms with E-state index < -0.39 is 0 Å². The lowest BCUT2D eigenvalue weighted by atomic mass is 10.1. The van der Waals surface area contributed by atoms with Crippen molar-refractivity contribution in [1.29, 1.82) is 0 Å². The third kappa shape index (κ3) is 2.52. The van der Waals surface area contributed by atoms with Gasteiger partial charge in [0.1, 0.15) is 12.1 Å². The average Bonchev–Trinajstić information content (AvgIpc) is 2.97. The third-order valence-electron chi connectivity index (χ3n) is 3.55. The van der Waals surface area contributed by atoms with Crippen LogP contribution in [0.3, 0.4) is 0 Å². The van der Waals surface area contributed by atoms with Crippen LogP contribution in [-0.2, 0) is 0 Å². The zero-order valence-electron chi connectivity index (χ0n) is 12.7. The number of anilines is 1. The Labute approximate surface area is 132 Å². The molecule has 0 spiro atoms. The number of aromatic nitrogens is 3. The number of rotatable bonds is 3. The van der Waals surface area contributed by atoms with Crippen molar-refractivity contribution in [2.24, 2.45) is 0 Å². The van der Waals surface area contributed by atoms with Gasteiger partial charge < -0.3 is 10.6 Å². The minimum Gasteiger partial charge on any atom is -0.383 e. The number of fused-ring (bicyclic) bond motifs is 1. The molecule has 23 heavy (non-hydrogen) atoms. The summed E-state index contributed by atoms with van der Waals surface area (Å²) in [6.07, 6.45) is 5.74. The van der Waals surface area contributed by atoms with Crippen LogP contribution in [0, 0.1) is 0 Å². The van der Waals surface area contributed by atoms with Crippen LogP contribution in [0.1, 0.15) is 20.7 Å². The maximum Gasteiger partial charge on any atom is 0.257 e. The van der Waals surface area contributed by atoms with Gasteiger partial charge in [0.25, 0.3) is 5.91 Å². The second-order valence-corrected chi connectivity index (χ2v) is 5.32. The predicted octanol–water partition coefficient (Wildman–Crippen LogP) is 1.49. The normalized spacial score (nSPS) is 10.7. The molecule has 0 fully saturated rings. The summed E-state index contributed by atoms with van der Waals surface area (Å²) in [7, 11) is 3.31. The quantitative estimate of drug-likeness (QED) is 0.740. The zero-order chi connectivity index (χ0) is 16.6. The predicted molar refractivity (Wildman–Crippen MR) is 86.2 cm³/mol. The van der Waals surface area contributed by atoms with Gasteiger partial charge >= 0.3 is 0 Å². The molecule has 0 bridgehead atoms. The Hall–Kier alpha value is -3.22. The number of hydrogen-bond donors (Lipinski definition) is 1. The molecule has 0 aromatic carbocycles. The van der Waals surface area contributed by atoms with Gasteiger partial charge in [0, 0.05) is 43.2 Å². The summed E-state index contributed by atoms with van der Waals surface area (Å²) in [5, 5.41) is 4.25. The first-order valence-electron chi connectivity index (χ1n) is 6.91. The Morgan fingerprint density at radius 1 is 1.30 bits per heavy atom. The Bertz CT molecular complexity index is 914. The number of hydrogen-bond acceptors (Lipinski definition) is 5. The molecule has 3 aromatic rings. The molecule has 2 N–H and O–H groups in total. The fourth-order valence-corrected chi connectivity index (χ4v) is 2.33. The Morgan fingerprint density at radius 3 is 2.78 bits per heavy atom. The van der Waals surface area contributed by atoms with Gasteiger partial charge in [-0.1, -0.05) is 0 Å². The lowest BCUT2D eigenvalue weighted by Crippen LogP contribution is -2.23.